The summed E-state index contributed by atoms with van der Waals surface area (Å²) < 4.78 is 47.6. The molecule has 29 heavy (non-hydrogen) atoms. The van der Waals surface area contributed by atoms with Gasteiger partial charge in [0.25, 0.3) is 0 Å². The number of benzene rings is 1. The second-order valence-corrected chi connectivity index (χ2v) is 7.48. The molecular weight excluding hydrogens is 373 g/mol. The highest BCUT2D eigenvalue weighted by Gasteiger charge is 2.16. The van der Waals surface area contributed by atoms with E-state index in [1.807, 2.05) is 13.8 Å². The zero-order chi connectivity index (χ0) is 22.0. The van der Waals surface area contributed by atoms with E-state index in [9.17, 15) is 13.2 Å². The van der Waals surface area contributed by atoms with Crippen molar-refractivity contribution in [2.24, 2.45) is 11.8 Å². The van der Waals surface area contributed by atoms with Crippen LogP contribution in [0.1, 0.15) is 58.1 Å². The molecule has 0 radical (unpaired) electrons. The molecule has 0 aromatic heterocycles. The van der Waals surface area contributed by atoms with Gasteiger partial charge in [-0.2, -0.15) is 0 Å². The van der Waals surface area contributed by atoms with Gasteiger partial charge < -0.3 is 4.74 Å². The fourth-order valence-electron chi connectivity index (χ4n) is 3.06. The molecule has 0 aliphatic heterocycles. The van der Waals surface area contributed by atoms with Crippen LogP contribution in [0.4, 0.5) is 13.2 Å². The van der Waals surface area contributed by atoms with Crippen LogP contribution in [0.5, 0.6) is 0 Å². The van der Waals surface area contributed by atoms with Gasteiger partial charge in [-0.15, -0.1) is 0 Å². The van der Waals surface area contributed by atoms with E-state index in [0.29, 0.717) is 30.1 Å². The highest BCUT2D eigenvalue weighted by Crippen LogP contribution is 2.27. The van der Waals surface area contributed by atoms with Crippen molar-refractivity contribution in [3.63, 3.8) is 0 Å². The molecule has 0 amide bonds. The van der Waals surface area contributed by atoms with E-state index in [1.165, 1.54) is 6.08 Å². The average Bonchev–Trinajstić information content (AvgIpc) is 2.68. The quantitative estimate of drug-likeness (QED) is 0.253. The van der Waals surface area contributed by atoms with Crippen LogP contribution in [0, 0.1) is 23.5 Å². The van der Waals surface area contributed by atoms with Crippen LogP contribution in [0.25, 0.3) is 6.08 Å². The molecule has 1 rings (SSSR count). The molecule has 0 fully saturated rings. The number of halogens is 3. The standard InChI is InChI=1S/C25H33F3O/c1-7-9-21-14-15-22(25(28)24(21)27)13-11-17(3)10-12-18(4)20(6)23(26)16-19(5)29-8-2/h7,9,14-18H,5-6,8,10-13H2,1-4H3/b9-7+,23-16+. The fourth-order valence-corrected chi connectivity index (χ4v) is 3.06. The first-order valence-corrected chi connectivity index (χ1v) is 10.2. The van der Waals surface area contributed by atoms with Crippen LogP contribution in [-0.2, 0) is 11.2 Å². The molecule has 0 bridgehead atoms. The smallest absolute Gasteiger partial charge is 0.166 e. The molecule has 1 aromatic carbocycles. The van der Waals surface area contributed by atoms with E-state index in [0.717, 1.165) is 19.3 Å². The number of hydrogen-bond acceptors (Lipinski definition) is 1. The van der Waals surface area contributed by atoms with Crippen molar-refractivity contribution in [2.45, 2.75) is 53.4 Å². The minimum absolute atomic E-state index is 0.0302. The third-order valence-electron chi connectivity index (χ3n) is 5.06. The Kier molecular flexibility index (Phi) is 10.6. The van der Waals surface area contributed by atoms with Gasteiger partial charge in [-0.1, -0.05) is 57.7 Å². The van der Waals surface area contributed by atoms with Gasteiger partial charge in [-0.05, 0) is 56.1 Å². The fraction of sp³-hybridized carbons (Fsp3) is 0.440. The zero-order valence-electron chi connectivity index (χ0n) is 18.0. The summed E-state index contributed by atoms with van der Waals surface area (Å²) in [5, 5.41) is 0. The lowest BCUT2D eigenvalue weighted by atomic mass is 9.89. The topological polar surface area (TPSA) is 9.23 Å². The molecule has 160 valence electrons. The highest BCUT2D eigenvalue weighted by atomic mass is 19.2. The second-order valence-electron chi connectivity index (χ2n) is 7.48. The van der Waals surface area contributed by atoms with Crippen molar-refractivity contribution in [3.05, 3.63) is 77.4 Å². The summed E-state index contributed by atoms with van der Waals surface area (Å²) in [7, 11) is 0. The van der Waals surface area contributed by atoms with Crippen molar-refractivity contribution < 1.29 is 17.9 Å². The van der Waals surface area contributed by atoms with Gasteiger partial charge in [0.2, 0.25) is 0 Å². The van der Waals surface area contributed by atoms with Crippen molar-refractivity contribution >= 4 is 6.08 Å². The summed E-state index contributed by atoms with van der Waals surface area (Å²) >= 11 is 0. The minimum atomic E-state index is -0.797. The largest absolute Gasteiger partial charge is 0.494 e. The first-order valence-electron chi connectivity index (χ1n) is 10.2. The van der Waals surface area contributed by atoms with E-state index in [1.54, 1.807) is 31.2 Å². The molecule has 1 nitrogen and oxygen atoms in total. The second kappa shape index (κ2) is 12.4. The molecule has 0 aliphatic carbocycles. The van der Waals surface area contributed by atoms with E-state index in [-0.39, 0.29) is 17.2 Å². The Balaban J connectivity index is 2.55. The molecule has 0 aliphatic rings. The highest BCUT2D eigenvalue weighted by molar-refractivity contribution is 5.50. The molecule has 0 saturated carbocycles. The lowest BCUT2D eigenvalue weighted by molar-refractivity contribution is 0.243. The summed E-state index contributed by atoms with van der Waals surface area (Å²) in [5.74, 6) is -1.43. The van der Waals surface area contributed by atoms with Crippen molar-refractivity contribution in [2.75, 3.05) is 6.61 Å². The van der Waals surface area contributed by atoms with Crippen LogP contribution in [0.3, 0.4) is 0 Å². The third kappa shape index (κ3) is 7.96. The van der Waals surface area contributed by atoms with Crippen LogP contribution >= 0.6 is 0 Å². The Bertz CT molecular complexity index is 762. The minimum Gasteiger partial charge on any atom is -0.494 e. The first kappa shape index (κ1) is 24.8. The number of rotatable bonds is 12. The van der Waals surface area contributed by atoms with Gasteiger partial charge in [-0.3, -0.25) is 0 Å². The van der Waals surface area contributed by atoms with Crippen molar-refractivity contribution in [1.29, 1.82) is 0 Å². The van der Waals surface area contributed by atoms with Gasteiger partial charge in [0, 0.05) is 11.6 Å². The van der Waals surface area contributed by atoms with E-state index < -0.39 is 17.5 Å². The summed E-state index contributed by atoms with van der Waals surface area (Å²) in [5.41, 5.74) is 1.07. The van der Waals surface area contributed by atoms with E-state index >= 15 is 0 Å². The lowest BCUT2D eigenvalue weighted by Gasteiger charge is -2.17. The predicted molar refractivity (Wildman–Crippen MR) is 116 cm³/mol. The van der Waals surface area contributed by atoms with Gasteiger partial charge in [0.15, 0.2) is 11.6 Å². The van der Waals surface area contributed by atoms with Crippen LogP contribution in [0.2, 0.25) is 0 Å². The Hall–Kier alpha value is -2.23. The van der Waals surface area contributed by atoms with Gasteiger partial charge in [0.05, 0.1) is 6.61 Å². The molecular formula is C25H33F3O. The summed E-state index contributed by atoms with van der Waals surface area (Å²) in [4.78, 5) is 0. The Morgan fingerprint density at radius 2 is 1.79 bits per heavy atom. The average molecular weight is 407 g/mol. The molecule has 0 heterocycles. The predicted octanol–water partition coefficient (Wildman–Crippen LogP) is 7.94. The van der Waals surface area contributed by atoms with Crippen molar-refractivity contribution in [1.82, 2.24) is 0 Å². The lowest BCUT2D eigenvalue weighted by Crippen LogP contribution is -2.06. The van der Waals surface area contributed by atoms with Gasteiger partial charge in [0.1, 0.15) is 11.6 Å². The Morgan fingerprint density at radius 1 is 1.10 bits per heavy atom. The van der Waals surface area contributed by atoms with Crippen LogP contribution < -0.4 is 0 Å². The summed E-state index contributed by atoms with van der Waals surface area (Å²) in [6.45, 7) is 15.5. The number of allylic oxidation sites excluding steroid dienone is 4. The molecule has 0 saturated heterocycles. The monoisotopic (exact) mass is 406 g/mol. The normalized spacial score (nSPS) is 14.1. The molecule has 2 atom stereocenters. The van der Waals surface area contributed by atoms with Crippen molar-refractivity contribution in [3.8, 4) is 0 Å². The maximum atomic E-state index is 14.2. The summed E-state index contributed by atoms with van der Waals surface area (Å²) in [6.07, 6.45) is 7.31. The maximum absolute atomic E-state index is 14.2. The molecule has 1 aromatic rings. The third-order valence-corrected chi connectivity index (χ3v) is 5.06. The first-order chi connectivity index (χ1) is 13.7. The molecule has 0 N–H and O–H groups in total. The maximum Gasteiger partial charge on any atom is 0.166 e. The van der Waals surface area contributed by atoms with Gasteiger partial charge in [-0.25, -0.2) is 13.2 Å². The zero-order valence-corrected chi connectivity index (χ0v) is 18.0. The number of ether oxygens (including phenoxy) is 1. The number of hydrogen-bond donors (Lipinski definition) is 0. The SMILES string of the molecule is C=C(/C=C(/F)C(=C)C(C)CCC(C)CCc1ccc(/C=C/C)c(F)c1F)OCC. The molecule has 0 spiro atoms. The number of aryl methyl sites for hydroxylation is 1. The Labute approximate surface area is 173 Å². The van der Waals surface area contributed by atoms with Gasteiger partial charge >= 0.3 is 0 Å². The van der Waals surface area contributed by atoms with E-state index in [2.05, 4.69) is 20.1 Å². The van der Waals surface area contributed by atoms with Crippen LogP contribution in [0.15, 0.2) is 54.6 Å². The van der Waals surface area contributed by atoms with E-state index in [4.69, 9.17) is 4.74 Å². The Morgan fingerprint density at radius 3 is 2.41 bits per heavy atom. The molecule has 2 unspecified atom stereocenters. The summed E-state index contributed by atoms with van der Waals surface area (Å²) in [6, 6.07) is 3.26. The van der Waals surface area contributed by atoms with Crippen LogP contribution in [-0.4, -0.2) is 6.61 Å². The molecule has 4 heteroatoms.